The molecule has 1 saturated heterocycles. The van der Waals surface area contributed by atoms with Crippen LogP contribution in [0, 0.1) is 11.8 Å². The van der Waals surface area contributed by atoms with E-state index in [4.69, 9.17) is 0 Å². The van der Waals surface area contributed by atoms with E-state index >= 15 is 0 Å². The van der Waals surface area contributed by atoms with Gasteiger partial charge in [-0.2, -0.15) is 0 Å². The van der Waals surface area contributed by atoms with Crippen LogP contribution < -0.4 is 5.56 Å². The van der Waals surface area contributed by atoms with Crippen LogP contribution in [0.25, 0.3) is 5.65 Å². The average Bonchev–Trinajstić information content (AvgIpc) is 2.68. The molecule has 0 radical (unpaired) electrons. The van der Waals surface area contributed by atoms with Gasteiger partial charge in [-0.05, 0) is 24.0 Å². The van der Waals surface area contributed by atoms with Crippen molar-refractivity contribution in [3.8, 4) is 0 Å². The molecule has 164 valence electrons. The minimum absolute atomic E-state index is 0.0461. The van der Waals surface area contributed by atoms with E-state index in [2.05, 4.69) is 42.5 Å². The molecule has 0 saturated carbocycles. The van der Waals surface area contributed by atoms with Crippen molar-refractivity contribution in [1.82, 2.24) is 24.1 Å². The zero-order chi connectivity index (χ0) is 21.7. The predicted octanol–water partition coefficient (Wildman–Crippen LogP) is 1.95. The zero-order valence-corrected chi connectivity index (χ0v) is 18.8. The monoisotopic (exact) mass is 413 g/mol. The summed E-state index contributed by atoms with van der Waals surface area (Å²) in [5.41, 5.74) is 1.44. The normalized spacial score (nSPS) is 15.9. The van der Waals surface area contributed by atoms with E-state index in [1.165, 1.54) is 0 Å². The van der Waals surface area contributed by atoms with E-state index < -0.39 is 0 Å². The number of carbonyl (C=O) groups is 1. The van der Waals surface area contributed by atoms with Crippen molar-refractivity contribution in [3.05, 3.63) is 46.5 Å². The fourth-order valence-electron chi connectivity index (χ4n) is 3.97. The summed E-state index contributed by atoms with van der Waals surface area (Å²) in [4.78, 5) is 36.3. The molecule has 3 rings (SSSR count). The summed E-state index contributed by atoms with van der Waals surface area (Å²) in [6.07, 6.45) is 1.74. The molecule has 0 aromatic carbocycles. The Kier molecular flexibility index (Phi) is 7.61. The lowest BCUT2D eigenvalue weighted by Crippen LogP contribution is -2.50. The molecule has 1 aliphatic rings. The van der Waals surface area contributed by atoms with Crippen molar-refractivity contribution in [2.24, 2.45) is 11.8 Å². The van der Waals surface area contributed by atoms with Crippen molar-refractivity contribution < 1.29 is 4.79 Å². The predicted molar refractivity (Wildman–Crippen MR) is 119 cm³/mol. The minimum atomic E-state index is -0.0461. The number of carbonyl (C=O) groups excluding carboxylic acids is 1. The van der Waals surface area contributed by atoms with Gasteiger partial charge in [-0.25, -0.2) is 4.98 Å². The largest absolute Gasteiger partial charge is 0.341 e. The average molecular weight is 414 g/mol. The summed E-state index contributed by atoms with van der Waals surface area (Å²) in [7, 11) is 0. The van der Waals surface area contributed by atoms with Crippen LogP contribution >= 0.6 is 0 Å². The summed E-state index contributed by atoms with van der Waals surface area (Å²) < 4.78 is 1.56. The van der Waals surface area contributed by atoms with Crippen LogP contribution in [0.15, 0.2) is 35.3 Å². The molecule has 2 aromatic heterocycles. The highest BCUT2D eigenvalue weighted by atomic mass is 16.2. The first-order chi connectivity index (χ1) is 14.3. The first-order valence-corrected chi connectivity index (χ1v) is 11.0. The third-order valence-corrected chi connectivity index (χ3v) is 5.36. The second-order valence-corrected chi connectivity index (χ2v) is 9.15. The molecule has 3 heterocycles. The first kappa shape index (κ1) is 22.4. The lowest BCUT2D eigenvalue weighted by atomic mass is 10.1. The topological polar surface area (TPSA) is 61.2 Å². The van der Waals surface area contributed by atoms with Gasteiger partial charge in [0.2, 0.25) is 5.91 Å². The van der Waals surface area contributed by atoms with Gasteiger partial charge in [0.1, 0.15) is 5.65 Å². The second kappa shape index (κ2) is 10.2. The summed E-state index contributed by atoms with van der Waals surface area (Å²) in [5, 5.41) is 0. The molecule has 0 N–H and O–H groups in total. The van der Waals surface area contributed by atoms with E-state index in [-0.39, 0.29) is 11.5 Å². The lowest BCUT2D eigenvalue weighted by Gasteiger charge is -2.35. The van der Waals surface area contributed by atoms with Crippen LogP contribution in [0.4, 0.5) is 0 Å². The first-order valence-electron chi connectivity index (χ1n) is 11.0. The maximum absolute atomic E-state index is 12.8. The van der Waals surface area contributed by atoms with Crippen LogP contribution in [-0.4, -0.2) is 75.8 Å². The Hall–Kier alpha value is -2.25. The van der Waals surface area contributed by atoms with Crippen molar-refractivity contribution in [3.63, 3.8) is 0 Å². The molecule has 1 amide bonds. The maximum Gasteiger partial charge on any atom is 0.258 e. The van der Waals surface area contributed by atoms with E-state index in [0.29, 0.717) is 30.6 Å². The Morgan fingerprint density at radius 1 is 1.03 bits per heavy atom. The molecule has 0 spiro atoms. The lowest BCUT2D eigenvalue weighted by molar-refractivity contribution is -0.134. The summed E-state index contributed by atoms with van der Waals surface area (Å²) in [5.74, 6) is 1.18. The van der Waals surface area contributed by atoms with Crippen LogP contribution in [0.2, 0.25) is 0 Å². The van der Waals surface area contributed by atoms with Gasteiger partial charge < -0.3 is 4.90 Å². The fraction of sp³-hybridized carbons (Fsp3) is 0.609. The molecule has 0 atom stereocenters. The van der Waals surface area contributed by atoms with Crippen molar-refractivity contribution in [2.45, 2.75) is 34.2 Å². The number of nitrogens with zero attached hydrogens (tertiary/aromatic N) is 5. The highest BCUT2D eigenvalue weighted by molar-refractivity contribution is 5.78. The number of amides is 1. The fourth-order valence-corrected chi connectivity index (χ4v) is 3.97. The van der Waals surface area contributed by atoms with Crippen molar-refractivity contribution in [1.29, 1.82) is 0 Å². The molecule has 2 aromatic rings. The number of hydrogen-bond acceptors (Lipinski definition) is 5. The van der Waals surface area contributed by atoms with Crippen molar-refractivity contribution >= 4 is 11.6 Å². The van der Waals surface area contributed by atoms with Crippen LogP contribution in [0.3, 0.4) is 0 Å². The number of rotatable bonds is 8. The zero-order valence-electron chi connectivity index (χ0n) is 18.8. The molecule has 1 fully saturated rings. The standard InChI is InChI=1S/C23H35N5O2/c1-18(2)14-27(15-19(3)4)23(30)17-26-11-9-25(10-12-26)16-20-13-22(29)28-8-6-5-7-21(28)24-20/h5-8,13,18-19H,9-12,14-17H2,1-4H3. The van der Waals surface area contributed by atoms with E-state index in [9.17, 15) is 9.59 Å². The molecule has 1 aliphatic heterocycles. The molecule has 30 heavy (non-hydrogen) atoms. The van der Waals surface area contributed by atoms with Gasteiger partial charge in [0.05, 0.1) is 12.2 Å². The molecular formula is C23H35N5O2. The number of hydrogen-bond donors (Lipinski definition) is 0. The Morgan fingerprint density at radius 2 is 1.67 bits per heavy atom. The summed E-state index contributed by atoms with van der Waals surface area (Å²) >= 11 is 0. The Balaban J connectivity index is 1.53. The van der Waals surface area contributed by atoms with Gasteiger partial charge in [-0.15, -0.1) is 0 Å². The molecular weight excluding hydrogens is 378 g/mol. The maximum atomic E-state index is 12.8. The second-order valence-electron chi connectivity index (χ2n) is 9.15. The third-order valence-electron chi connectivity index (χ3n) is 5.36. The van der Waals surface area contributed by atoms with E-state index in [1.54, 1.807) is 16.7 Å². The quantitative estimate of drug-likeness (QED) is 0.662. The van der Waals surface area contributed by atoms with Crippen LogP contribution in [-0.2, 0) is 11.3 Å². The van der Waals surface area contributed by atoms with Gasteiger partial charge >= 0.3 is 0 Å². The Labute approximate surface area is 179 Å². The number of aromatic nitrogens is 2. The van der Waals surface area contributed by atoms with Crippen molar-refractivity contribution in [2.75, 3.05) is 45.8 Å². The smallest absolute Gasteiger partial charge is 0.258 e. The van der Waals surface area contributed by atoms with E-state index in [1.807, 2.05) is 23.1 Å². The van der Waals surface area contributed by atoms with Gasteiger partial charge in [0.25, 0.3) is 5.56 Å². The number of pyridine rings is 1. The van der Waals surface area contributed by atoms with Gasteiger partial charge in [-0.3, -0.25) is 23.8 Å². The molecule has 0 bridgehead atoms. The van der Waals surface area contributed by atoms with Crippen LogP contribution in [0.5, 0.6) is 0 Å². The number of piperazine rings is 1. The highest BCUT2D eigenvalue weighted by Gasteiger charge is 2.23. The Morgan fingerprint density at radius 3 is 2.30 bits per heavy atom. The molecule has 0 unspecified atom stereocenters. The highest BCUT2D eigenvalue weighted by Crippen LogP contribution is 2.10. The van der Waals surface area contributed by atoms with Crippen LogP contribution in [0.1, 0.15) is 33.4 Å². The minimum Gasteiger partial charge on any atom is -0.341 e. The van der Waals surface area contributed by atoms with Gasteiger partial charge in [-0.1, -0.05) is 33.8 Å². The van der Waals surface area contributed by atoms with Gasteiger partial charge in [0.15, 0.2) is 0 Å². The SMILES string of the molecule is CC(C)CN(CC(C)C)C(=O)CN1CCN(Cc2cc(=O)n3ccccc3n2)CC1. The van der Waals surface area contributed by atoms with Gasteiger partial charge in [0, 0.05) is 58.1 Å². The molecule has 0 aliphatic carbocycles. The summed E-state index contributed by atoms with van der Waals surface area (Å²) in [6.45, 7) is 14.9. The molecule has 7 nitrogen and oxygen atoms in total. The number of fused-ring (bicyclic) bond motifs is 1. The third kappa shape index (κ3) is 6.12. The Bertz CT molecular complexity index is 890. The summed E-state index contributed by atoms with van der Waals surface area (Å²) in [6, 6.07) is 7.20. The molecule has 7 heteroatoms. The van der Waals surface area contributed by atoms with E-state index in [0.717, 1.165) is 45.0 Å².